The molecule has 0 amide bonds. The van der Waals surface area contributed by atoms with E-state index in [1.54, 1.807) is 7.11 Å². The van der Waals surface area contributed by atoms with Gasteiger partial charge in [-0.05, 0) is 26.3 Å². The lowest BCUT2D eigenvalue weighted by Crippen LogP contribution is -2.39. The maximum absolute atomic E-state index is 5.88. The molecule has 0 saturated carbocycles. The lowest BCUT2D eigenvalue weighted by molar-refractivity contribution is 0.0139. The summed E-state index contributed by atoms with van der Waals surface area (Å²) in [5, 5.41) is 3.48. The summed E-state index contributed by atoms with van der Waals surface area (Å²) in [6.07, 6.45) is 0.0700. The third-order valence-electron chi connectivity index (χ3n) is 2.60. The second-order valence-electron chi connectivity index (χ2n) is 5.39. The largest absolute Gasteiger partial charge is 0.382 e. The molecule has 18 heavy (non-hydrogen) atoms. The summed E-state index contributed by atoms with van der Waals surface area (Å²) in [5.74, 6) is 0. The van der Waals surface area contributed by atoms with Crippen LogP contribution in [0.2, 0.25) is 0 Å². The van der Waals surface area contributed by atoms with Crippen LogP contribution in [0, 0.1) is 0 Å². The van der Waals surface area contributed by atoms with E-state index in [1.807, 2.05) is 18.2 Å². The van der Waals surface area contributed by atoms with Crippen LogP contribution in [-0.2, 0) is 9.47 Å². The van der Waals surface area contributed by atoms with E-state index in [9.17, 15) is 0 Å². The molecule has 102 valence electrons. The number of nitrogens with one attached hydrogen (secondary N) is 1. The van der Waals surface area contributed by atoms with E-state index >= 15 is 0 Å². The lowest BCUT2D eigenvalue weighted by Gasteiger charge is -2.25. The van der Waals surface area contributed by atoms with Crippen molar-refractivity contribution in [3.63, 3.8) is 0 Å². The van der Waals surface area contributed by atoms with Crippen molar-refractivity contribution in [1.82, 2.24) is 5.32 Å². The minimum absolute atomic E-state index is 0.0700. The van der Waals surface area contributed by atoms with Crippen LogP contribution in [-0.4, -0.2) is 32.4 Å². The number of ether oxygens (including phenoxy) is 2. The van der Waals surface area contributed by atoms with Crippen molar-refractivity contribution in [2.75, 3.05) is 26.9 Å². The summed E-state index contributed by atoms with van der Waals surface area (Å²) in [5.41, 5.74) is 1.29. The third kappa shape index (κ3) is 6.15. The number of hydrogen-bond acceptors (Lipinski definition) is 3. The quantitative estimate of drug-likeness (QED) is 0.756. The average molecular weight is 251 g/mol. The van der Waals surface area contributed by atoms with Gasteiger partial charge in [0, 0.05) is 19.2 Å². The highest BCUT2D eigenvalue weighted by Gasteiger charge is 2.16. The second kappa shape index (κ2) is 7.52. The molecule has 0 heterocycles. The molecule has 0 saturated heterocycles. The maximum Gasteiger partial charge on any atom is 0.0950 e. The number of hydrogen-bond donors (Lipinski definition) is 1. The number of methoxy groups -OCH3 is 1. The summed E-state index contributed by atoms with van der Waals surface area (Å²) in [6, 6.07) is 10.3. The Morgan fingerprint density at radius 3 is 2.33 bits per heavy atom. The molecular weight excluding hydrogens is 226 g/mol. The predicted molar refractivity (Wildman–Crippen MR) is 74.8 cm³/mol. The fourth-order valence-electron chi connectivity index (χ4n) is 1.61. The van der Waals surface area contributed by atoms with Crippen LogP contribution >= 0.6 is 0 Å². The molecule has 0 spiro atoms. The van der Waals surface area contributed by atoms with Gasteiger partial charge in [0.15, 0.2) is 0 Å². The van der Waals surface area contributed by atoms with Gasteiger partial charge >= 0.3 is 0 Å². The Labute approximate surface area is 110 Å². The zero-order chi connectivity index (χ0) is 13.4. The second-order valence-corrected chi connectivity index (χ2v) is 5.39. The summed E-state index contributed by atoms with van der Waals surface area (Å²) >= 11 is 0. The molecule has 3 heteroatoms. The van der Waals surface area contributed by atoms with Crippen molar-refractivity contribution < 1.29 is 9.47 Å². The van der Waals surface area contributed by atoms with E-state index in [0.29, 0.717) is 13.2 Å². The first-order chi connectivity index (χ1) is 8.53. The molecule has 1 aromatic carbocycles. The van der Waals surface area contributed by atoms with Crippen molar-refractivity contribution in [2.24, 2.45) is 0 Å². The van der Waals surface area contributed by atoms with Gasteiger partial charge < -0.3 is 14.8 Å². The fraction of sp³-hybridized carbons (Fsp3) is 0.600. The minimum atomic E-state index is 0.0700. The first kappa shape index (κ1) is 15.2. The maximum atomic E-state index is 5.88. The molecule has 0 fully saturated rings. The van der Waals surface area contributed by atoms with Crippen LogP contribution in [0.15, 0.2) is 30.3 Å². The SMILES string of the molecule is COCCOC(CNC(C)(C)C)c1ccccc1. The van der Waals surface area contributed by atoms with Gasteiger partial charge in [-0.15, -0.1) is 0 Å². The van der Waals surface area contributed by atoms with Crippen LogP contribution in [0.3, 0.4) is 0 Å². The van der Waals surface area contributed by atoms with Crippen LogP contribution < -0.4 is 5.32 Å². The molecule has 1 N–H and O–H groups in total. The van der Waals surface area contributed by atoms with Gasteiger partial charge in [-0.3, -0.25) is 0 Å². The van der Waals surface area contributed by atoms with Crippen LogP contribution in [0.5, 0.6) is 0 Å². The Kier molecular flexibility index (Phi) is 6.33. The Balaban J connectivity index is 2.58. The highest BCUT2D eigenvalue weighted by molar-refractivity contribution is 5.18. The zero-order valence-electron chi connectivity index (χ0n) is 11.9. The van der Waals surface area contributed by atoms with Gasteiger partial charge in [0.2, 0.25) is 0 Å². The first-order valence-corrected chi connectivity index (χ1v) is 6.43. The molecule has 1 rings (SSSR count). The van der Waals surface area contributed by atoms with Gasteiger partial charge in [-0.2, -0.15) is 0 Å². The minimum Gasteiger partial charge on any atom is -0.382 e. The topological polar surface area (TPSA) is 30.5 Å². The molecule has 0 aliphatic heterocycles. The molecular formula is C15H25NO2. The molecule has 0 radical (unpaired) electrons. The number of benzene rings is 1. The fourth-order valence-corrected chi connectivity index (χ4v) is 1.61. The monoisotopic (exact) mass is 251 g/mol. The van der Waals surface area contributed by atoms with Crippen LogP contribution in [0.1, 0.15) is 32.4 Å². The van der Waals surface area contributed by atoms with E-state index in [2.05, 4.69) is 38.2 Å². The van der Waals surface area contributed by atoms with Crippen molar-refractivity contribution in [3.8, 4) is 0 Å². The average Bonchev–Trinajstić information content (AvgIpc) is 2.33. The van der Waals surface area contributed by atoms with Gasteiger partial charge in [-0.1, -0.05) is 30.3 Å². The molecule has 0 bridgehead atoms. The van der Waals surface area contributed by atoms with E-state index in [4.69, 9.17) is 9.47 Å². The van der Waals surface area contributed by atoms with E-state index in [0.717, 1.165) is 6.54 Å². The first-order valence-electron chi connectivity index (χ1n) is 6.43. The molecule has 0 aliphatic carbocycles. The molecule has 1 unspecified atom stereocenters. The van der Waals surface area contributed by atoms with Gasteiger partial charge in [0.25, 0.3) is 0 Å². The summed E-state index contributed by atoms with van der Waals surface area (Å²) in [4.78, 5) is 0. The molecule has 1 atom stereocenters. The Morgan fingerprint density at radius 2 is 1.78 bits per heavy atom. The van der Waals surface area contributed by atoms with Gasteiger partial charge in [0.05, 0.1) is 19.3 Å². The molecule has 0 aromatic heterocycles. The third-order valence-corrected chi connectivity index (χ3v) is 2.60. The van der Waals surface area contributed by atoms with Gasteiger partial charge in [-0.25, -0.2) is 0 Å². The van der Waals surface area contributed by atoms with E-state index in [1.165, 1.54) is 5.56 Å². The summed E-state index contributed by atoms with van der Waals surface area (Å²) in [6.45, 7) is 8.51. The predicted octanol–water partition coefficient (Wildman–Crippen LogP) is 2.78. The van der Waals surface area contributed by atoms with E-state index in [-0.39, 0.29) is 11.6 Å². The Hall–Kier alpha value is -0.900. The Bertz CT molecular complexity index is 319. The van der Waals surface area contributed by atoms with Gasteiger partial charge in [0.1, 0.15) is 0 Å². The normalized spacial score (nSPS) is 13.6. The lowest BCUT2D eigenvalue weighted by atomic mass is 10.1. The van der Waals surface area contributed by atoms with Crippen molar-refractivity contribution in [1.29, 1.82) is 0 Å². The van der Waals surface area contributed by atoms with Crippen molar-refractivity contribution >= 4 is 0 Å². The summed E-state index contributed by atoms with van der Waals surface area (Å²) < 4.78 is 10.9. The highest BCUT2D eigenvalue weighted by Crippen LogP contribution is 2.17. The van der Waals surface area contributed by atoms with Crippen molar-refractivity contribution in [2.45, 2.75) is 32.4 Å². The van der Waals surface area contributed by atoms with Crippen LogP contribution in [0.25, 0.3) is 0 Å². The zero-order valence-corrected chi connectivity index (χ0v) is 11.9. The molecule has 3 nitrogen and oxygen atoms in total. The van der Waals surface area contributed by atoms with Crippen molar-refractivity contribution in [3.05, 3.63) is 35.9 Å². The molecule has 0 aliphatic rings. The highest BCUT2D eigenvalue weighted by atomic mass is 16.5. The smallest absolute Gasteiger partial charge is 0.0950 e. The standard InChI is InChI=1S/C15H25NO2/c1-15(2,3)16-12-14(18-11-10-17-4)13-8-6-5-7-9-13/h5-9,14,16H,10-12H2,1-4H3. The Morgan fingerprint density at radius 1 is 1.11 bits per heavy atom. The van der Waals surface area contributed by atoms with Crippen LogP contribution in [0.4, 0.5) is 0 Å². The molecule has 1 aromatic rings. The van der Waals surface area contributed by atoms with E-state index < -0.39 is 0 Å². The summed E-state index contributed by atoms with van der Waals surface area (Å²) in [7, 11) is 1.69. The number of rotatable bonds is 7.